The molecule has 1 aliphatic heterocycles. The standard InChI is InChI=1S/C33H29NOS2/c1-32(2,3)17-7-9-19-21-14-26-22(20-10-8-18(33(4,5)6)12-25(20)30(26)35)13-24(21)29(23(19)11-17)31-36-27-15-34-16-28(27)37-31/h7-16,34H,1-6H3. The third-order valence-corrected chi connectivity index (χ3v) is 10.3. The lowest BCUT2D eigenvalue weighted by atomic mass is 9.85. The molecule has 7 rings (SSSR count). The van der Waals surface area contributed by atoms with Crippen molar-refractivity contribution in [2.75, 3.05) is 0 Å². The van der Waals surface area contributed by atoms with Crippen molar-refractivity contribution in [3.05, 3.63) is 98.5 Å². The van der Waals surface area contributed by atoms with E-state index < -0.39 is 0 Å². The first kappa shape index (κ1) is 23.2. The summed E-state index contributed by atoms with van der Waals surface area (Å²) in [5.41, 5.74) is 12.6. The van der Waals surface area contributed by atoms with Gasteiger partial charge in [-0.3, -0.25) is 4.79 Å². The maximum absolute atomic E-state index is 13.7. The van der Waals surface area contributed by atoms with Crippen LogP contribution in [-0.2, 0) is 10.8 Å². The third-order valence-electron chi connectivity index (χ3n) is 7.82. The number of fused-ring (bicyclic) bond motifs is 7. The van der Waals surface area contributed by atoms with E-state index in [1.54, 1.807) is 0 Å². The van der Waals surface area contributed by atoms with Crippen LogP contribution in [0.3, 0.4) is 0 Å². The predicted octanol–water partition coefficient (Wildman–Crippen LogP) is 9.42. The summed E-state index contributed by atoms with van der Waals surface area (Å²) in [5.74, 6) is 0.147. The lowest BCUT2D eigenvalue weighted by Crippen LogP contribution is -2.11. The molecule has 37 heavy (non-hydrogen) atoms. The van der Waals surface area contributed by atoms with Gasteiger partial charge in [0, 0.05) is 38.9 Å². The minimum absolute atomic E-state index is 0.000340. The van der Waals surface area contributed by atoms with Crippen LogP contribution in [0.25, 0.3) is 27.8 Å². The minimum Gasteiger partial charge on any atom is -0.366 e. The third kappa shape index (κ3) is 3.38. The van der Waals surface area contributed by atoms with Gasteiger partial charge >= 0.3 is 0 Å². The maximum atomic E-state index is 13.7. The molecule has 1 N–H and O–H groups in total. The van der Waals surface area contributed by atoms with Crippen molar-refractivity contribution in [2.24, 2.45) is 0 Å². The Balaban J connectivity index is 1.46. The molecule has 0 saturated carbocycles. The summed E-state index contributed by atoms with van der Waals surface area (Å²) in [6.45, 7) is 13.4. The van der Waals surface area contributed by atoms with E-state index in [1.807, 2.05) is 23.5 Å². The van der Waals surface area contributed by atoms with Gasteiger partial charge < -0.3 is 4.98 Å². The Morgan fingerprint density at radius 3 is 1.62 bits per heavy atom. The summed E-state index contributed by atoms with van der Waals surface area (Å²) < 4.78 is 1.32. The topological polar surface area (TPSA) is 32.9 Å². The first-order chi connectivity index (χ1) is 17.5. The molecule has 2 aliphatic carbocycles. The van der Waals surface area contributed by atoms with Crippen molar-refractivity contribution in [1.29, 1.82) is 0 Å². The number of carbonyl (C=O) groups is 1. The largest absolute Gasteiger partial charge is 0.366 e. The lowest BCUT2D eigenvalue weighted by Gasteiger charge is -2.20. The Morgan fingerprint density at radius 1 is 0.568 bits per heavy atom. The van der Waals surface area contributed by atoms with E-state index in [9.17, 15) is 4.79 Å². The van der Waals surface area contributed by atoms with Crippen molar-refractivity contribution in [3.8, 4) is 22.3 Å². The Kier molecular flexibility index (Phi) is 4.73. The van der Waals surface area contributed by atoms with E-state index in [1.165, 1.54) is 53.0 Å². The fourth-order valence-electron chi connectivity index (χ4n) is 5.65. The fourth-order valence-corrected chi connectivity index (χ4v) is 8.23. The molecule has 0 unspecified atom stereocenters. The maximum Gasteiger partial charge on any atom is 0.194 e. The number of ketones is 1. The zero-order valence-electron chi connectivity index (χ0n) is 22.0. The number of rotatable bonds is 0. The van der Waals surface area contributed by atoms with Crippen LogP contribution in [0.1, 0.15) is 79.7 Å². The summed E-state index contributed by atoms with van der Waals surface area (Å²) in [6, 6.07) is 17.8. The Morgan fingerprint density at radius 2 is 1.03 bits per heavy atom. The van der Waals surface area contributed by atoms with E-state index in [-0.39, 0.29) is 16.6 Å². The average Bonchev–Trinajstić information content (AvgIpc) is 3.57. The summed E-state index contributed by atoms with van der Waals surface area (Å²) in [6.07, 6.45) is 4.18. The number of hydrogen-bond donors (Lipinski definition) is 1. The summed E-state index contributed by atoms with van der Waals surface area (Å²) >= 11 is 3.70. The van der Waals surface area contributed by atoms with Crippen LogP contribution in [0, 0.1) is 0 Å². The molecule has 3 aromatic carbocycles. The molecular formula is C33H29NOS2. The summed E-state index contributed by atoms with van der Waals surface area (Å²) in [7, 11) is 0. The Hall–Kier alpha value is -2.95. The van der Waals surface area contributed by atoms with Gasteiger partial charge in [-0.05, 0) is 79.6 Å². The van der Waals surface area contributed by atoms with Crippen LogP contribution in [0.15, 0.2) is 75.0 Å². The van der Waals surface area contributed by atoms with E-state index in [2.05, 4.69) is 107 Å². The molecule has 0 radical (unpaired) electrons. The second-order valence-electron chi connectivity index (χ2n) is 12.3. The van der Waals surface area contributed by atoms with Gasteiger partial charge in [0.25, 0.3) is 0 Å². The lowest BCUT2D eigenvalue weighted by molar-refractivity contribution is 0.104. The SMILES string of the molecule is CC(C)(C)c1ccc2c(c1)C(=O)c1cc3c(cc1-2)C(=C1Sc2c[nH]cc2S1)c1cc(C(C)(C)C)ccc1-3. The number of carbonyl (C=O) groups excluding carboxylic acids is 1. The van der Waals surface area contributed by atoms with E-state index in [0.717, 1.165) is 22.3 Å². The van der Waals surface area contributed by atoms with Crippen LogP contribution in [-0.4, -0.2) is 10.8 Å². The Labute approximate surface area is 227 Å². The highest BCUT2D eigenvalue weighted by Crippen LogP contribution is 2.59. The molecule has 0 bridgehead atoms. The van der Waals surface area contributed by atoms with Gasteiger partial charge in [0.15, 0.2) is 5.78 Å². The number of H-pyrrole nitrogens is 1. The molecule has 184 valence electrons. The molecule has 1 aromatic heterocycles. The average molecular weight is 520 g/mol. The van der Waals surface area contributed by atoms with Gasteiger partial charge in [0.1, 0.15) is 0 Å². The van der Waals surface area contributed by atoms with Crippen LogP contribution < -0.4 is 0 Å². The zero-order valence-corrected chi connectivity index (χ0v) is 23.6. The number of benzene rings is 3. The molecule has 4 aromatic rings. The molecule has 0 amide bonds. The molecule has 4 heteroatoms. The summed E-state index contributed by atoms with van der Waals surface area (Å²) in [4.78, 5) is 19.5. The molecule has 3 aliphatic rings. The van der Waals surface area contributed by atoms with Crippen molar-refractivity contribution in [1.82, 2.24) is 4.98 Å². The molecule has 2 heterocycles. The fraction of sp³-hybridized carbons (Fsp3) is 0.242. The molecule has 0 fully saturated rings. The van der Waals surface area contributed by atoms with Crippen molar-refractivity contribution < 1.29 is 4.79 Å². The number of aromatic nitrogens is 1. The number of hydrogen-bond acceptors (Lipinski definition) is 3. The van der Waals surface area contributed by atoms with Gasteiger partial charge in [0.05, 0.1) is 4.24 Å². The zero-order chi connectivity index (χ0) is 25.9. The van der Waals surface area contributed by atoms with Gasteiger partial charge in [-0.15, -0.1) is 0 Å². The molecule has 2 nitrogen and oxygen atoms in total. The number of aromatic amines is 1. The van der Waals surface area contributed by atoms with E-state index >= 15 is 0 Å². The normalized spacial score (nSPS) is 15.6. The Bertz CT molecular complexity index is 1680. The van der Waals surface area contributed by atoms with Gasteiger partial charge in [-0.1, -0.05) is 89.3 Å². The van der Waals surface area contributed by atoms with Crippen LogP contribution >= 0.6 is 23.5 Å². The van der Waals surface area contributed by atoms with E-state index in [4.69, 9.17) is 0 Å². The van der Waals surface area contributed by atoms with Gasteiger partial charge in [-0.25, -0.2) is 0 Å². The first-order valence-corrected chi connectivity index (χ1v) is 14.4. The van der Waals surface area contributed by atoms with Crippen molar-refractivity contribution in [2.45, 2.75) is 62.2 Å². The number of thioether (sulfide) groups is 2. The highest BCUT2D eigenvalue weighted by molar-refractivity contribution is 8.25. The van der Waals surface area contributed by atoms with Crippen LogP contribution in [0.4, 0.5) is 0 Å². The predicted molar refractivity (Wildman–Crippen MR) is 157 cm³/mol. The van der Waals surface area contributed by atoms with Crippen LogP contribution in [0.5, 0.6) is 0 Å². The molecule has 0 saturated heterocycles. The molecule has 0 atom stereocenters. The highest BCUT2D eigenvalue weighted by Gasteiger charge is 2.36. The second kappa shape index (κ2) is 7.55. The van der Waals surface area contributed by atoms with Crippen molar-refractivity contribution >= 4 is 34.9 Å². The second-order valence-corrected chi connectivity index (χ2v) is 14.7. The first-order valence-electron chi connectivity index (χ1n) is 12.8. The molecule has 0 spiro atoms. The van der Waals surface area contributed by atoms with E-state index in [0.29, 0.717) is 0 Å². The molecular weight excluding hydrogens is 491 g/mol. The smallest absolute Gasteiger partial charge is 0.194 e. The van der Waals surface area contributed by atoms with Gasteiger partial charge in [0.2, 0.25) is 0 Å². The quantitative estimate of drug-likeness (QED) is 0.217. The minimum atomic E-state index is 0.000340. The van der Waals surface area contributed by atoms with Crippen molar-refractivity contribution in [3.63, 3.8) is 0 Å². The van der Waals surface area contributed by atoms with Crippen LogP contribution in [0.2, 0.25) is 0 Å². The van der Waals surface area contributed by atoms with Gasteiger partial charge in [-0.2, -0.15) is 0 Å². The monoisotopic (exact) mass is 519 g/mol. The number of nitrogens with one attached hydrogen (secondary N) is 1. The summed E-state index contributed by atoms with van der Waals surface area (Å²) in [5, 5.41) is 0. The highest BCUT2D eigenvalue weighted by atomic mass is 32.2.